The fourth-order valence-corrected chi connectivity index (χ4v) is 4.07. The van der Waals surface area contributed by atoms with Crippen LogP contribution in [-0.2, 0) is 4.79 Å². The lowest BCUT2D eigenvalue weighted by molar-refractivity contribution is -0.118. The first kappa shape index (κ1) is 19.0. The molecule has 2 aromatic rings. The average molecular weight is 383 g/mol. The second kappa shape index (κ2) is 8.32. The number of hydrogen-bond acceptors (Lipinski definition) is 5. The fourth-order valence-electron chi connectivity index (χ4n) is 4.07. The highest BCUT2D eigenvalue weighted by molar-refractivity contribution is 5.91. The van der Waals surface area contributed by atoms with Gasteiger partial charge in [-0.2, -0.15) is 5.10 Å². The largest absolute Gasteiger partial charge is 0.496 e. The molecular formula is C21H29N5O2. The molecule has 7 heteroatoms. The van der Waals surface area contributed by atoms with Gasteiger partial charge in [-0.25, -0.2) is 4.68 Å². The van der Waals surface area contributed by atoms with Crippen LogP contribution in [0.3, 0.4) is 0 Å². The molecule has 2 fully saturated rings. The molecule has 2 aliphatic rings. The van der Waals surface area contributed by atoms with Crippen LogP contribution in [0.15, 0.2) is 36.5 Å². The number of carbonyl (C=O) groups excluding carboxylic acids is 1. The van der Waals surface area contributed by atoms with Crippen LogP contribution in [0.1, 0.15) is 37.4 Å². The minimum Gasteiger partial charge on any atom is -0.496 e. The lowest BCUT2D eigenvalue weighted by Crippen LogP contribution is -2.48. The number of nitrogens with one attached hydrogen (secondary N) is 2. The molecule has 150 valence electrons. The molecule has 1 amide bonds. The van der Waals surface area contributed by atoms with Crippen molar-refractivity contribution >= 4 is 11.7 Å². The smallest absolute Gasteiger partial charge is 0.239 e. The molecule has 7 nitrogen and oxygen atoms in total. The first-order chi connectivity index (χ1) is 13.7. The molecule has 0 spiro atoms. The summed E-state index contributed by atoms with van der Waals surface area (Å²) in [4.78, 5) is 15.0. The number of methoxy groups -OCH3 is 1. The summed E-state index contributed by atoms with van der Waals surface area (Å²) in [6.07, 6.45) is 4.25. The van der Waals surface area contributed by atoms with Crippen molar-refractivity contribution in [2.45, 2.75) is 31.8 Å². The number of ether oxygens (including phenoxy) is 1. The molecule has 2 atom stereocenters. The zero-order chi connectivity index (χ0) is 19.5. The summed E-state index contributed by atoms with van der Waals surface area (Å²) in [5, 5.41) is 10.9. The summed E-state index contributed by atoms with van der Waals surface area (Å²) in [5.41, 5.74) is 1.11. The summed E-state index contributed by atoms with van der Waals surface area (Å²) >= 11 is 0. The van der Waals surface area contributed by atoms with Gasteiger partial charge in [-0.05, 0) is 31.7 Å². The van der Waals surface area contributed by atoms with Crippen LogP contribution >= 0.6 is 0 Å². The lowest BCUT2D eigenvalue weighted by Gasteiger charge is -2.36. The van der Waals surface area contributed by atoms with E-state index in [-0.39, 0.29) is 11.9 Å². The predicted octanol–water partition coefficient (Wildman–Crippen LogP) is 2.45. The number of carbonyl (C=O) groups is 1. The van der Waals surface area contributed by atoms with Crippen molar-refractivity contribution in [3.63, 3.8) is 0 Å². The number of nitrogens with zero attached hydrogens (tertiary/aromatic N) is 3. The second-order valence-electron chi connectivity index (χ2n) is 7.72. The second-order valence-corrected chi connectivity index (χ2v) is 7.72. The van der Waals surface area contributed by atoms with Gasteiger partial charge in [0.2, 0.25) is 5.91 Å². The van der Waals surface area contributed by atoms with Crippen LogP contribution in [0.2, 0.25) is 0 Å². The van der Waals surface area contributed by atoms with Gasteiger partial charge in [0, 0.05) is 31.3 Å². The Kier molecular flexibility index (Phi) is 5.64. The van der Waals surface area contributed by atoms with Crippen molar-refractivity contribution in [3.8, 4) is 5.75 Å². The standard InChI is InChI=1S/C21H29N5O2/c1-15(16-7-8-16)26-20(9-10-23-26)24-21(27)14-25-12-11-22-13-18(25)17-5-3-4-6-19(17)28-2/h3-6,9-10,15-16,18,22H,7-8,11-14H2,1-2H3,(H,24,27). The highest BCUT2D eigenvalue weighted by Crippen LogP contribution is 2.40. The van der Waals surface area contributed by atoms with Crippen LogP contribution in [0.25, 0.3) is 0 Å². The summed E-state index contributed by atoms with van der Waals surface area (Å²) in [6, 6.07) is 10.3. The van der Waals surface area contributed by atoms with E-state index in [1.807, 2.05) is 28.9 Å². The van der Waals surface area contributed by atoms with E-state index in [9.17, 15) is 4.79 Å². The summed E-state index contributed by atoms with van der Waals surface area (Å²) in [7, 11) is 1.69. The van der Waals surface area contributed by atoms with Gasteiger partial charge in [0.05, 0.1) is 31.9 Å². The topological polar surface area (TPSA) is 71.4 Å². The maximum Gasteiger partial charge on any atom is 0.239 e. The van der Waals surface area contributed by atoms with E-state index in [0.29, 0.717) is 18.5 Å². The van der Waals surface area contributed by atoms with Crippen LogP contribution in [0, 0.1) is 5.92 Å². The third-order valence-electron chi connectivity index (χ3n) is 5.83. The third kappa shape index (κ3) is 4.05. The van der Waals surface area contributed by atoms with Gasteiger partial charge in [0.1, 0.15) is 11.6 Å². The number of rotatable bonds is 7. The zero-order valence-electron chi connectivity index (χ0n) is 16.6. The van der Waals surface area contributed by atoms with Crippen molar-refractivity contribution in [3.05, 3.63) is 42.1 Å². The van der Waals surface area contributed by atoms with Gasteiger partial charge >= 0.3 is 0 Å². The van der Waals surface area contributed by atoms with Crippen LogP contribution < -0.4 is 15.4 Å². The van der Waals surface area contributed by atoms with Crippen molar-refractivity contribution in [2.24, 2.45) is 5.92 Å². The van der Waals surface area contributed by atoms with Crippen LogP contribution in [0.5, 0.6) is 5.75 Å². The molecule has 1 aliphatic heterocycles. The number of amides is 1. The van der Waals surface area contributed by atoms with E-state index < -0.39 is 0 Å². The fraction of sp³-hybridized carbons (Fsp3) is 0.524. The quantitative estimate of drug-likeness (QED) is 0.768. The Balaban J connectivity index is 1.45. The van der Waals surface area contributed by atoms with E-state index in [1.165, 1.54) is 12.8 Å². The highest BCUT2D eigenvalue weighted by Gasteiger charge is 2.31. The maximum absolute atomic E-state index is 12.8. The molecule has 1 aromatic carbocycles. The summed E-state index contributed by atoms with van der Waals surface area (Å²) < 4.78 is 7.49. The van der Waals surface area contributed by atoms with Crippen molar-refractivity contribution in [1.29, 1.82) is 0 Å². The molecule has 2 heterocycles. The number of benzene rings is 1. The van der Waals surface area contributed by atoms with E-state index >= 15 is 0 Å². The van der Waals surface area contributed by atoms with Gasteiger partial charge in [0.25, 0.3) is 0 Å². The summed E-state index contributed by atoms with van der Waals surface area (Å²) in [6.45, 7) is 5.00. The van der Waals surface area contributed by atoms with Crippen LogP contribution in [0.4, 0.5) is 5.82 Å². The molecule has 0 bridgehead atoms. The third-order valence-corrected chi connectivity index (χ3v) is 5.83. The van der Waals surface area contributed by atoms with E-state index in [4.69, 9.17) is 4.74 Å². The predicted molar refractivity (Wildman–Crippen MR) is 108 cm³/mol. The Hall–Kier alpha value is -2.38. The maximum atomic E-state index is 12.8. The molecule has 1 saturated heterocycles. The Labute approximate surface area is 166 Å². The number of para-hydroxylation sites is 1. The number of aromatic nitrogens is 2. The number of hydrogen-bond donors (Lipinski definition) is 2. The van der Waals surface area contributed by atoms with E-state index in [2.05, 4.69) is 33.6 Å². The molecule has 0 radical (unpaired) electrons. The molecule has 28 heavy (non-hydrogen) atoms. The van der Waals surface area contributed by atoms with Gasteiger partial charge in [0.15, 0.2) is 0 Å². The van der Waals surface area contributed by atoms with Gasteiger partial charge in [-0.1, -0.05) is 18.2 Å². The highest BCUT2D eigenvalue weighted by atomic mass is 16.5. The molecule has 2 unspecified atom stereocenters. The van der Waals surface area contributed by atoms with Crippen molar-refractivity contribution in [2.75, 3.05) is 38.6 Å². The zero-order valence-corrected chi connectivity index (χ0v) is 16.6. The monoisotopic (exact) mass is 383 g/mol. The molecule has 4 rings (SSSR count). The molecule has 1 aromatic heterocycles. The Bertz CT molecular complexity index is 817. The number of anilines is 1. The molecule has 1 aliphatic carbocycles. The Morgan fingerprint density at radius 1 is 1.36 bits per heavy atom. The molecular weight excluding hydrogens is 354 g/mol. The van der Waals surface area contributed by atoms with Crippen LogP contribution in [-0.4, -0.2) is 53.9 Å². The van der Waals surface area contributed by atoms with Gasteiger partial charge in [-0.15, -0.1) is 0 Å². The van der Waals surface area contributed by atoms with Crippen molar-refractivity contribution < 1.29 is 9.53 Å². The molecule has 2 N–H and O–H groups in total. The van der Waals surface area contributed by atoms with Crippen molar-refractivity contribution in [1.82, 2.24) is 20.0 Å². The lowest BCUT2D eigenvalue weighted by atomic mass is 10.0. The minimum absolute atomic E-state index is 0.00783. The molecule has 1 saturated carbocycles. The van der Waals surface area contributed by atoms with E-state index in [1.54, 1.807) is 13.3 Å². The normalized spacial score (nSPS) is 21.3. The van der Waals surface area contributed by atoms with E-state index in [0.717, 1.165) is 36.8 Å². The first-order valence-corrected chi connectivity index (χ1v) is 10.1. The summed E-state index contributed by atoms with van der Waals surface area (Å²) in [5.74, 6) is 2.32. The minimum atomic E-state index is -0.00783. The van der Waals surface area contributed by atoms with Gasteiger partial charge in [-0.3, -0.25) is 9.69 Å². The first-order valence-electron chi connectivity index (χ1n) is 10.1. The Morgan fingerprint density at radius 2 is 2.18 bits per heavy atom. The average Bonchev–Trinajstić information content (AvgIpc) is 3.47. The SMILES string of the molecule is COc1ccccc1C1CNCCN1CC(=O)Nc1ccnn1C(C)C1CC1. The Morgan fingerprint density at radius 3 is 2.96 bits per heavy atom. The van der Waals surface area contributed by atoms with Gasteiger partial charge < -0.3 is 15.4 Å². The number of piperazine rings is 1.